The lowest BCUT2D eigenvalue weighted by Crippen LogP contribution is -2.08. The van der Waals surface area contributed by atoms with Crippen molar-refractivity contribution in [1.82, 2.24) is 9.38 Å². The Kier molecular flexibility index (Phi) is 3.63. The molecule has 1 N–H and O–H groups in total. The Hall–Kier alpha value is -2.35. The van der Waals surface area contributed by atoms with Crippen molar-refractivity contribution in [3.05, 3.63) is 58.5 Å². The fourth-order valence-corrected chi connectivity index (χ4v) is 2.78. The number of pyridine rings is 1. The van der Waals surface area contributed by atoms with Crippen LogP contribution in [-0.4, -0.2) is 20.5 Å². The van der Waals surface area contributed by atoms with Crippen LogP contribution in [0.25, 0.3) is 16.8 Å². The zero-order valence-corrected chi connectivity index (χ0v) is 12.9. The van der Waals surface area contributed by atoms with Gasteiger partial charge in [-0.1, -0.05) is 30.3 Å². The van der Waals surface area contributed by atoms with Gasteiger partial charge in [-0.3, -0.25) is 4.40 Å². The normalized spacial score (nSPS) is 11.8. The second-order valence-electron chi connectivity index (χ2n) is 4.76. The number of carboxylic acid groups (broad SMARTS) is 1. The highest BCUT2D eigenvalue weighted by Crippen LogP contribution is 2.36. The van der Waals surface area contributed by atoms with E-state index in [9.17, 15) is 18.0 Å². The number of hydrogen-bond acceptors (Lipinski definition) is 2. The van der Waals surface area contributed by atoms with Crippen molar-refractivity contribution in [2.45, 2.75) is 6.18 Å². The molecule has 0 radical (unpaired) electrons. The Bertz CT molecular complexity index is 904. The third-order valence-electron chi connectivity index (χ3n) is 3.28. The van der Waals surface area contributed by atoms with Crippen LogP contribution in [0.2, 0.25) is 0 Å². The van der Waals surface area contributed by atoms with E-state index in [1.165, 1.54) is 6.20 Å². The first-order valence-corrected chi connectivity index (χ1v) is 7.16. The van der Waals surface area contributed by atoms with Gasteiger partial charge in [0, 0.05) is 6.20 Å². The summed E-state index contributed by atoms with van der Waals surface area (Å²) in [5, 5.41) is 9.06. The number of fused-ring (bicyclic) bond motifs is 1. The SMILES string of the molecule is O=C(O)c1nc2c(C(F)(F)F)cc(-c3ccccc3)cn2c1Br. The zero-order chi connectivity index (χ0) is 16.8. The van der Waals surface area contributed by atoms with E-state index in [-0.39, 0.29) is 4.60 Å². The van der Waals surface area contributed by atoms with E-state index in [1.807, 2.05) is 0 Å². The number of hydrogen-bond donors (Lipinski definition) is 1. The number of benzene rings is 1. The highest BCUT2D eigenvalue weighted by molar-refractivity contribution is 9.10. The topological polar surface area (TPSA) is 54.6 Å². The average molecular weight is 385 g/mol. The summed E-state index contributed by atoms with van der Waals surface area (Å²) >= 11 is 3.01. The maximum Gasteiger partial charge on any atom is 0.420 e. The standard InChI is InChI=1S/C15H8BrF3N2O2/c16-12-11(14(22)23)20-13-10(15(17,18)19)6-9(7-21(12)13)8-4-2-1-3-5-8/h1-7H,(H,22,23). The lowest BCUT2D eigenvalue weighted by molar-refractivity contribution is -0.136. The Morgan fingerprint density at radius 3 is 2.39 bits per heavy atom. The first-order chi connectivity index (χ1) is 10.8. The molecule has 0 fully saturated rings. The van der Waals surface area contributed by atoms with Gasteiger partial charge in [0.05, 0.1) is 5.56 Å². The third-order valence-corrected chi connectivity index (χ3v) is 4.03. The number of rotatable bonds is 2. The van der Waals surface area contributed by atoms with Gasteiger partial charge in [0.25, 0.3) is 0 Å². The lowest BCUT2D eigenvalue weighted by atomic mass is 10.1. The van der Waals surface area contributed by atoms with Crippen LogP contribution in [0.5, 0.6) is 0 Å². The van der Waals surface area contributed by atoms with Crippen LogP contribution >= 0.6 is 15.9 Å². The van der Waals surface area contributed by atoms with Crippen molar-refractivity contribution < 1.29 is 23.1 Å². The van der Waals surface area contributed by atoms with Crippen LogP contribution in [0, 0.1) is 0 Å². The van der Waals surface area contributed by atoms with Crippen molar-refractivity contribution >= 4 is 27.5 Å². The molecule has 3 rings (SSSR count). The van der Waals surface area contributed by atoms with Crippen LogP contribution < -0.4 is 0 Å². The summed E-state index contributed by atoms with van der Waals surface area (Å²) in [6.45, 7) is 0. The van der Waals surface area contributed by atoms with Gasteiger partial charge in [-0.05, 0) is 33.1 Å². The molecule has 23 heavy (non-hydrogen) atoms. The molecule has 0 spiro atoms. The molecule has 2 heterocycles. The van der Waals surface area contributed by atoms with Crippen LogP contribution in [-0.2, 0) is 6.18 Å². The van der Waals surface area contributed by atoms with E-state index in [1.54, 1.807) is 30.3 Å². The van der Waals surface area contributed by atoms with E-state index in [0.29, 0.717) is 11.1 Å². The van der Waals surface area contributed by atoms with Crippen molar-refractivity contribution in [1.29, 1.82) is 0 Å². The lowest BCUT2D eigenvalue weighted by Gasteiger charge is -2.11. The largest absolute Gasteiger partial charge is 0.476 e. The quantitative estimate of drug-likeness (QED) is 0.708. The fourth-order valence-electron chi connectivity index (χ4n) is 2.25. The molecule has 2 aromatic heterocycles. The van der Waals surface area contributed by atoms with E-state index in [2.05, 4.69) is 20.9 Å². The van der Waals surface area contributed by atoms with Crippen LogP contribution in [0.1, 0.15) is 16.1 Å². The number of imidazole rings is 1. The number of aromatic nitrogens is 2. The summed E-state index contributed by atoms with van der Waals surface area (Å²) in [5.41, 5.74) is -1.04. The molecule has 0 saturated heterocycles. The minimum absolute atomic E-state index is 0.0386. The van der Waals surface area contributed by atoms with E-state index >= 15 is 0 Å². The molecule has 118 valence electrons. The minimum atomic E-state index is -4.66. The summed E-state index contributed by atoms with van der Waals surface area (Å²) < 4.78 is 41.1. The molecule has 4 nitrogen and oxygen atoms in total. The Balaban J connectivity index is 2.38. The van der Waals surface area contributed by atoms with Gasteiger partial charge in [0.1, 0.15) is 4.60 Å². The summed E-state index contributed by atoms with van der Waals surface area (Å²) in [4.78, 5) is 14.7. The molecule has 1 aromatic carbocycles. The number of aromatic carboxylic acids is 1. The first-order valence-electron chi connectivity index (χ1n) is 6.36. The third kappa shape index (κ3) is 2.70. The molecule has 0 bridgehead atoms. The van der Waals surface area contributed by atoms with Crippen LogP contribution in [0.3, 0.4) is 0 Å². The van der Waals surface area contributed by atoms with Crippen molar-refractivity contribution in [3.8, 4) is 11.1 Å². The van der Waals surface area contributed by atoms with Gasteiger partial charge >= 0.3 is 12.1 Å². The molecule has 0 aliphatic rings. The second-order valence-corrected chi connectivity index (χ2v) is 5.51. The summed E-state index contributed by atoms with van der Waals surface area (Å²) in [6.07, 6.45) is -3.24. The Labute approximate surface area is 136 Å². The molecule has 0 atom stereocenters. The molecule has 0 aliphatic carbocycles. The van der Waals surface area contributed by atoms with Gasteiger partial charge in [-0.15, -0.1) is 0 Å². The highest BCUT2D eigenvalue weighted by atomic mass is 79.9. The highest BCUT2D eigenvalue weighted by Gasteiger charge is 2.36. The number of carbonyl (C=O) groups is 1. The molecule has 0 unspecified atom stereocenters. The number of carboxylic acids is 1. The van der Waals surface area contributed by atoms with Crippen molar-refractivity contribution in [2.24, 2.45) is 0 Å². The van der Waals surface area contributed by atoms with E-state index in [0.717, 1.165) is 10.5 Å². The van der Waals surface area contributed by atoms with Gasteiger partial charge in [-0.2, -0.15) is 13.2 Å². The smallest absolute Gasteiger partial charge is 0.420 e. The molecule has 3 aromatic rings. The summed E-state index contributed by atoms with van der Waals surface area (Å²) in [6, 6.07) is 9.48. The average Bonchev–Trinajstić information content (AvgIpc) is 2.84. The molecular weight excluding hydrogens is 377 g/mol. The maximum atomic E-state index is 13.3. The Morgan fingerprint density at radius 2 is 1.83 bits per heavy atom. The number of halogens is 4. The number of nitrogens with zero attached hydrogens (tertiary/aromatic N) is 2. The predicted molar refractivity (Wildman–Crippen MR) is 80.3 cm³/mol. The Morgan fingerprint density at radius 1 is 1.17 bits per heavy atom. The van der Waals surface area contributed by atoms with Crippen LogP contribution in [0.15, 0.2) is 47.2 Å². The monoisotopic (exact) mass is 384 g/mol. The second kappa shape index (κ2) is 5.38. The maximum absolute atomic E-state index is 13.3. The summed E-state index contributed by atoms with van der Waals surface area (Å²) in [5.74, 6) is -1.41. The van der Waals surface area contributed by atoms with Crippen molar-refractivity contribution in [2.75, 3.05) is 0 Å². The van der Waals surface area contributed by atoms with Crippen molar-refractivity contribution in [3.63, 3.8) is 0 Å². The number of alkyl halides is 3. The predicted octanol–water partition coefficient (Wildman–Crippen LogP) is 4.48. The van der Waals surface area contributed by atoms with Gasteiger partial charge in [-0.25, -0.2) is 9.78 Å². The van der Waals surface area contributed by atoms with Crippen LogP contribution in [0.4, 0.5) is 13.2 Å². The van der Waals surface area contributed by atoms with Gasteiger partial charge in [0.15, 0.2) is 11.3 Å². The van der Waals surface area contributed by atoms with Gasteiger partial charge in [0.2, 0.25) is 0 Å². The zero-order valence-electron chi connectivity index (χ0n) is 11.3. The first kappa shape index (κ1) is 15.5. The van der Waals surface area contributed by atoms with E-state index in [4.69, 9.17) is 5.11 Å². The fraction of sp³-hybridized carbons (Fsp3) is 0.0667. The molecule has 0 saturated carbocycles. The summed E-state index contributed by atoms with van der Waals surface area (Å²) in [7, 11) is 0. The molecule has 0 amide bonds. The molecular formula is C15H8BrF3N2O2. The van der Waals surface area contributed by atoms with E-state index < -0.39 is 29.1 Å². The minimum Gasteiger partial charge on any atom is -0.476 e. The molecule has 8 heteroatoms. The molecule has 0 aliphatic heterocycles. The van der Waals surface area contributed by atoms with Gasteiger partial charge < -0.3 is 5.11 Å².